The van der Waals surface area contributed by atoms with Crippen LogP contribution in [0.3, 0.4) is 0 Å². The Labute approximate surface area is 102 Å². The molecule has 2 rings (SSSR count). The summed E-state index contributed by atoms with van der Waals surface area (Å²) in [4.78, 5) is 4.13. The molecule has 1 aromatic heterocycles. The van der Waals surface area contributed by atoms with Crippen LogP contribution in [0.15, 0.2) is 47.1 Å². The highest BCUT2D eigenvalue weighted by Crippen LogP contribution is 2.21. The van der Waals surface area contributed by atoms with E-state index in [-0.39, 0.29) is 0 Å². The third kappa shape index (κ3) is 2.81. The van der Waals surface area contributed by atoms with E-state index in [9.17, 15) is 0 Å². The van der Waals surface area contributed by atoms with Crippen molar-refractivity contribution in [2.45, 2.75) is 6.54 Å². The topological polar surface area (TPSA) is 48.1 Å². The molecule has 0 bridgehead atoms. The van der Waals surface area contributed by atoms with Crippen LogP contribution in [0.4, 0.5) is 0 Å². The molecule has 0 atom stereocenters. The highest BCUT2D eigenvalue weighted by Gasteiger charge is 1.99. The first kappa shape index (κ1) is 11.1. The summed E-state index contributed by atoms with van der Waals surface area (Å²) < 4.78 is 6.51. The largest absolute Gasteiger partial charge is 0.439 e. The van der Waals surface area contributed by atoms with Gasteiger partial charge in [-0.25, -0.2) is 4.98 Å². The Morgan fingerprint density at radius 2 is 2.12 bits per heavy atom. The standard InChI is InChI=1S/C12H11BrN2O/c13-10-4-5-12(15-8-10)16-11-3-1-2-9(6-11)7-14/h1-6,8H,7,14H2. The smallest absolute Gasteiger partial charge is 0.219 e. The van der Waals surface area contributed by atoms with Crippen molar-refractivity contribution in [3.63, 3.8) is 0 Å². The van der Waals surface area contributed by atoms with Gasteiger partial charge in [0.1, 0.15) is 5.75 Å². The maximum absolute atomic E-state index is 5.59. The van der Waals surface area contributed by atoms with Gasteiger partial charge in [-0.1, -0.05) is 12.1 Å². The first-order chi connectivity index (χ1) is 7.78. The van der Waals surface area contributed by atoms with Crippen LogP contribution < -0.4 is 10.5 Å². The van der Waals surface area contributed by atoms with Crippen molar-refractivity contribution in [1.82, 2.24) is 4.98 Å². The summed E-state index contributed by atoms with van der Waals surface area (Å²) in [5.74, 6) is 1.31. The number of nitrogens with two attached hydrogens (primary N) is 1. The summed E-state index contributed by atoms with van der Waals surface area (Å²) in [6.45, 7) is 0.505. The van der Waals surface area contributed by atoms with Crippen LogP contribution in [-0.4, -0.2) is 4.98 Å². The molecule has 0 unspecified atom stereocenters. The van der Waals surface area contributed by atoms with E-state index in [1.165, 1.54) is 0 Å². The second-order valence-electron chi connectivity index (χ2n) is 3.27. The van der Waals surface area contributed by atoms with Crippen LogP contribution in [0.25, 0.3) is 0 Å². The number of pyridine rings is 1. The lowest BCUT2D eigenvalue weighted by Gasteiger charge is -2.05. The van der Waals surface area contributed by atoms with Crippen LogP contribution in [0.5, 0.6) is 11.6 Å². The molecule has 0 aliphatic carbocycles. The van der Waals surface area contributed by atoms with Crippen molar-refractivity contribution in [3.8, 4) is 11.6 Å². The zero-order valence-electron chi connectivity index (χ0n) is 8.56. The van der Waals surface area contributed by atoms with Gasteiger partial charge in [-0.15, -0.1) is 0 Å². The molecule has 0 spiro atoms. The predicted molar refractivity (Wildman–Crippen MR) is 66.3 cm³/mol. The van der Waals surface area contributed by atoms with Crippen LogP contribution in [0, 0.1) is 0 Å². The van der Waals surface area contributed by atoms with Gasteiger partial charge in [0.2, 0.25) is 5.88 Å². The van der Waals surface area contributed by atoms with Gasteiger partial charge in [-0.2, -0.15) is 0 Å². The van der Waals surface area contributed by atoms with E-state index in [0.29, 0.717) is 12.4 Å². The van der Waals surface area contributed by atoms with E-state index in [1.54, 1.807) is 12.3 Å². The number of aromatic nitrogens is 1. The number of halogens is 1. The Morgan fingerprint density at radius 3 is 2.81 bits per heavy atom. The van der Waals surface area contributed by atoms with E-state index >= 15 is 0 Å². The van der Waals surface area contributed by atoms with Gasteiger partial charge in [0.05, 0.1) is 0 Å². The molecule has 2 N–H and O–H groups in total. The lowest BCUT2D eigenvalue weighted by Crippen LogP contribution is -1.96. The number of hydrogen-bond acceptors (Lipinski definition) is 3. The third-order valence-electron chi connectivity index (χ3n) is 2.06. The lowest BCUT2D eigenvalue weighted by atomic mass is 10.2. The first-order valence-electron chi connectivity index (χ1n) is 4.86. The summed E-state index contributed by atoms with van der Waals surface area (Å²) in [6.07, 6.45) is 1.70. The number of ether oxygens (including phenoxy) is 1. The molecule has 0 saturated heterocycles. The Bertz CT molecular complexity index is 471. The maximum atomic E-state index is 5.59. The second-order valence-corrected chi connectivity index (χ2v) is 4.18. The van der Waals surface area contributed by atoms with Crippen LogP contribution in [0.2, 0.25) is 0 Å². The summed E-state index contributed by atoms with van der Waals surface area (Å²) in [7, 11) is 0. The number of hydrogen-bond donors (Lipinski definition) is 1. The van der Waals surface area contributed by atoms with Gasteiger partial charge in [0.15, 0.2) is 0 Å². The number of benzene rings is 1. The normalized spacial score (nSPS) is 10.1. The van der Waals surface area contributed by atoms with E-state index in [0.717, 1.165) is 15.8 Å². The third-order valence-corrected chi connectivity index (χ3v) is 2.53. The van der Waals surface area contributed by atoms with Gasteiger partial charge < -0.3 is 10.5 Å². The maximum Gasteiger partial charge on any atom is 0.219 e. The number of rotatable bonds is 3. The van der Waals surface area contributed by atoms with E-state index < -0.39 is 0 Å². The summed E-state index contributed by atoms with van der Waals surface area (Å²) >= 11 is 3.32. The Kier molecular flexibility index (Phi) is 3.54. The molecule has 1 aromatic carbocycles. The molecular weight excluding hydrogens is 268 g/mol. The van der Waals surface area contributed by atoms with Gasteiger partial charge in [-0.05, 0) is 39.7 Å². The molecule has 0 saturated carbocycles. The Hall–Kier alpha value is -1.39. The van der Waals surface area contributed by atoms with Crippen LogP contribution in [0.1, 0.15) is 5.56 Å². The van der Waals surface area contributed by atoms with E-state index in [2.05, 4.69) is 20.9 Å². The van der Waals surface area contributed by atoms with Gasteiger partial charge in [0.25, 0.3) is 0 Å². The molecule has 0 aliphatic heterocycles. The minimum atomic E-state index is 0.505. The van der Waals surface area contributed by atoms with Crippen molar-refractivity contribution in [3.05, 3.63) is 52.6 Å². The minimum Gasteiger partial charge on any atom is -0.439 e. The minimum absolute atomic E-state index is 0.505. The van der Waals surface area contributed by atoms with Gasteiger partial charge >= 0.3 is 0 Å². The highest BCUT2D eigenvalue weighted by molar-refractivity contribution is 9.10. The van der Waals surface area contributed by atoms with Crippen molar-refractivity contribution in [1.29, 1.82) is 0 Å². The molecule has 1 heterocycles. The van der Waals surface area contributed by atoms with E-state index in [4.69, 9.17) is 10.5 Å². The summed E-state index contributed by atoms with van der Waals surface area (Å²) in [5, 5.41) is 0. The second kappa shape index (κ2) is 5.09. The fourth-order valence-electron chi connectivity index (χ4n) is 1.28. The monoisotopic (exact) mass is 278 g/mol. The quantitative estimate of drug-likeness (QED) is 0.939. The zero-order chi connectivity index (χ0) is 11.4. The molecular formula is C12H11BrN2O. The van der Waals surface area contributed by atoms with Crippen molar-refractivity contribution < 1.29 is 4.74 Å². The van der Waals surface area contributed by atoms with Crippen LogP contribution in [-0.2, 0) is 6.54 Å². The Morgan fingerprint density at radius 1 is 1.25 bits per heavy atom. The molecule has 0 amide bonds. The molecule has 0 radical (unpaired) electrons. The molecule has 0 aliphatic rings. The van der Waals surface area contributed by atoms with Crippen LogP contribution >= 0.6 is 15.9 Å². The lowest BCUT2D eigenvalue weighted by molar-refractivity contribution is 0.462. The first-order valence-corrected chi connectivity index (χ1v) is 5.65. The fourth-order valence-corrected chi connectivity index (χ4v) is 1.51. The molecule has 16 heavy (non-hydrogen) atoms. The van der Waals surface area contributed by atoms with Crippen molar-refractivity contribution in [2.75, 3.05) is 0 Å². The average Bonchev–Trinajstić information content (AvgIpc) is 2.32. The SMILES string of the molecule is NCc1cccc(Oc2ccc(Br)cn2)c1. The Balaban J connectivity index is 2.16. The molecule has 0 fully saturated rings. The van der Waals surface area contributed by atoms with Gasteiger partial charge in [0, 0.05) is 23.3 Å². The average molecular weight is 279 g/mol. The van der Waals surface area contributed by atoms with Crippen molar-refractivity contribution in [2.24, 2.45) is 5.73 Å². The van der Waals surface area contributed by atoms with Crippen molar-refractivity contribution >= 4 is 15.9 Å². The zero-order valence-corrected chi connectivity index (χ0v) is 10.1. The predicted octanol–water partition coefficient (Wildman–Crippen LogP) is 3.10. The highest BCUT2D eigenvalue weighted by atomic mass is 79.9. The fraction of sp³-hybridized carbons (Fsp3) is 0.0833. The molecule has 3 nitrogen and oxygen atoms in total. The number of nitrogens with zero attached hydrogens (tertiary/aromatic N) is 1. The van der Waals surface area contributed by atoms with E-state index in [1.807, 2.05) is 30.3 Å². The molecule has 4 heteroatoms. The molecule has 2 aromatic rings. The van der Waals surface area contributed by atoms with Gasteiger partial charge in [-0.3, -0.25) is 0 Å². The summed E-state index contributed by atoms with van der Waals surface area (Å²) in [6, 6.07) is 11.3. The summed E-state index contributed by atoms with van der Waals surface area (Å²) in [5.41, 5.74) is 6.59. The molecule has 82 valence electrons.